The molecule has 0 spiro atoms. The molecule has 4 N–H and O–H groups in total. The minimum Gasteiger partial charge on any atom is -0.462 e. The van der Waals surface area contributed by atoms with Gasteiger partial charge in [0.05, 0.1) is 6.61 Å². The van der Waals surface area contributed by atoms with Gasteiger partial charge in [0.15, 0.2) is 12.4 Å². The molecule has 56 heavy (non-hydrogen) atoms. The highest BCUT2D eigenvalue weighted by atomic mass is 32.2. The van der Waals surface area contributed by atoms with Crippen molar-refractivity contribution in [3.8, 4) is 0 Å². The second kappa shape index (κ2) is 34.5. The fourth-order valence-corrected chi connectivity index (χ4v) is 7.84. The van der Waals surface area contributed by atoms with Crippen molar-refractivity contribution in [2.45, 2.75) is 243 Å². The molecule has 1 aliphatic rings. The van der Waals surface area contributed by atoms with E-state index in [1.165, 1.54) is 128 Å². The standard InChI is InChI=1S/C43H82O12S/c1-3-5-7-9-11-13-15-17-18-20-21-23-25-27-29-31-38(44)52-33-36(34-53-43-42(48)41(47)40(46)37(55-43)35-56(49,50)51)54-39(45)32-30-28-26-24-22-19-16-14-12-10-8-6-4-2/h36-37,40-43,46-48H,3-35H2,1-2H3,(H,49,50,51). The van der Waals surface area contributed by atoms with E-state index in [0.29, 0.717) is 12.8 Å². The molecule has 6 unspecified atom stereocenters. The summed E-state index contributed by atoms with van der Waals surface area (Å²) in [5, 5.41) is 30.8. The number of hydrogen-bond donors (Lipinski definition) is 4. The number of rotatable bonds is 38. The van der Waals surface area contributed by atoms with Gasteiger partial charge in [-0.1, -0.05) is 181 Å². The largest absolute Gasteiger partial charge is 0.462 e. The summed E-state index contributed by atoms with van der Waals surface area (Å²) in [6, 6.07) is 0. The number of unbranched alkanes of at least 4 members (excludes halogenated alkanes) is 26. The Morgan fingerprint density at radius 3 is 1.30 bits per heavy atom. The molecule has 12 nitrogen and oxygen atoms in total. The Labute approximate surface area is 340 Å². The quantitative estimate of drug-likeness (QED) is 0.0264. The molecule has 1 heterocycles. The molecule has 0 bridgehead atoms. The van der Waals surface area contributed by atoms with Crippen molar-refractivity contribution in [1.29, 1.82) is 0 Å². The topological polar surface area (TPSA) is 186 Å². The molecule has 1 fully saturated rings. The molecule has 6 atom stereocenters. The molecule has 1 rings (SSSR count). The van der Waals surface area contributed by atoms with Crippen LogP contribution in [-0.2, 0) is 38.7 Å². The van der Waals surface area contributed by atoms with E-state index in [-0.39, 0.29) is 19.4 Å². The molecular weight excluding hydrogens is 741 g/mol. The zero-order chi connectivity index (χ0) is 41.3. The van der Waals surface area contributed by atoms with Crippen LogP contribution in [-0.4, -0.2) is 96.0 Å². The van der Waals surface area contributed by atoms with E-state index in [4.69, 9.17) is 18.9 Å². The highest BCUT2D eigenvalue weighted by molar-refractivity contribution is 7.85. The average molecular weight is 823 g/mol. The molecule has 1 aliphatic heterocycles. The number of ether oxygens (including phenoxy) is 4. The molecule has 0 saturated carbocycles. The number of hydrogen-bond acceptors (Lipinski definition) is 11. The minimum absolute atomic E-state index is 0.172. The average Bonchev–Trinajstić information content (AvgIpc) is 3.16. The Morgan fingerprint density at radius 2 is 0.911 bits per heavy atom. The van der Waals surface area contributed by atoms with Crippen molar-refractivity contribution in [2.75, 3.05) is 19.0 Å². The molecule has 1 saturated heterocycles. The summed E-state index contributed by atoms with van der Waals surface area (Å²) >= 11 is 0. The summed E-state index contributed by atoms with van der Waals surface area (Å²) in [7, 11) is -4.59. The lowest BCUT2D eigenvalue weighted by Crippen LogP contribution is -2.60. The third kappa shape index (κ3) is 29.0. The fourth-order valence-electron chi connectivity index (χ4n) is 7.15. The summed E-state index contributed by atoms with van der Waals surface area (Å²) in [5.41, 5.74) is 0. The lowest BCUT2D eigenvalue weighted by molar-refractivity contribution is -0.297. The number of aliphatic hydroxyl groups is 3. The maximum atomic E-state index is 12.8. The van der Waals surface area contributed by atoms with Crippen LogP contribution in [0, 0.1) is 0 Å². The van der Waals surface area contributed by atoms with E-state index in [0.717, 1.165) is 38.5 Å². The number of aliphatic hydroxyl groups excluding tert-OH is 3. The predicted octanol–water partition coefficient (Wildman–Crippen LogP) is 8.90. The minimum atomic E-state index is -4.59. The van der Waals surface area contributed by atoms with Crippen LogP contribution in [0.15, 0.2) is 0 Å². The molecule has 0 aromatic carbocycles. The van der Waals surface area contributed by atoms with Crippen LogP contribution in [0.25, 0.3) is 0 Å². The first-order valence-electron chi connectivity index (χ1n) is 22.6. The smallest absolute Gasteiger partial charge is 0.306 e. The molecule has 13 heteroatoms. The van der Waals surface area contributed by atoms with Gasteiger partial charge in [-0.05, 0) is 12.8 Å². The molecule has 0 amide bonds. The Bertz CT molecular complexity index is 1060. The second-order valence-corrected chi connectivity index (χ2v) is 17.6. The first-order chi connectivity index (χ1) is 27.0. The maximum absolute atomic E-state index is 12.8. The van der Waals surface area contributed by atoms with Crippen LogP contribution in [0.1, 0.15) is 206 Å². The maximum Gasteiger partial charge on any atom is 0.306 e. The highest BCUT2D eigenvalue weighted by Gasteiger charge is 2.46. The first-order valence-corrected chi connectivity index (χ1v) is 24.2. The Hall–Kier alpha value is -1.35. The van der Waals surface area contributed by atoms with Gasteiger partial charge in [0.25, 0.3) is 10.1 Å². The van der Waals surface area contributed by atoms with Crippen LogP contribution < -0.4 is 0 Å². The Morgan fingerprint density at radius 1 is 0.536 bits per heavy atom. The predicted molar refractivity (Wildman–Crippen MR) is 220 cm³/mol. The van der Waals surface area contributed by atoms with Gasteiger partial charge in [0.2, 0.25) is 0 Å². The molecular formula is C43H82O12S. The van der Waals surface area contributed by atoms with E-state index in [2.05, 4.69) is 13.8 Å². The molecule has 332 valence electrons. The third-order valence-electron chi connectivity index (χ3n) is 10.7. The monoisotopic (exact) mass is 823 g/mol. The van der Waals surface area contributed by atoms with Crippen molar-refractivity contribution in [3.05, 3.63) is 0 Å². The zero-order valence-electron chi connectivity index (χ0n) is 35.3. The Balaban J connectivity index is 2.43. The van der Waals surface area contributed by atoms with Crippen molar-refractivity contribution in [2.24, 2.45) is 0 Å². The number of carbonyl (C=O) groups is 2. The van der Waals surface area contributed by atoms with Gasteiger partial charge in [0.1, 0.15) is 36.8 Å². The van der Waals surface area contributed by atoms with E-state index in [1.807, 2.05) is 0 Å². The zero-order valence-corrected chi connectivity index (χ0v) is 36.1. The van der Waals surface area contributed by atoms with Gasteiger partial charge in [-0.3, -0.25) is 14.1 Å². The number of esters is 2. The summed E-state index contributed by atoms with van der Waals surface area (Å²) < 4.78 is 54.0. The van der Waals surface area contributed by atoms with Crippen LogP contribution >= 0.6 is 0 Å². The van der Waals surface area contributed by atoms with Gasteiger partial charge in [-0.15, -0.1) is 0 Å². The van der Waals surface area contributed by atoms with E-state index in [9.17, 15) is 37.9 Å². The van der Waals surface area contributed by atoms with Crippen molar-refractivity contribution in [3.63, 3.8) is 0 Å². The van der Waals surface area contributed by atoms with Gasteiger partial charge >= 0.3 is 11.9 Å². The molecule has 0 aromatic rings. The van der Waals surface area contributed by atoms with Gasteiger partial charge in [0, 0.05) is 12.8 Å². The summed E-state index contributed by atoms with van der Waals surface area (Å²) in [6.45, 7) is 3.77. The van der Waals surface area contributed by atoms with Crippen molar-refractivity contribution < 1.29 is 56.8 Å². The normalized spacial score (nSPS) is 20.6. The van der Waals surface area contributed by atoms with Gasteiger partial charge in [-0.25, -0.2) is 0 Å². The van der Waals surface area contributed by atoms with Gasteiger partial charge in [-0.2, -0.15) is 8.42 Å². The summed E-state index contributed by atoms with van der Waals surface area (Å²) in [5.74, 6) is -1.96. The lowest BCUT2D eigenvalue weighted by Gasteiger charge is -2.40. The van der Waals surface area contributed by atoms with Crippen LogP contribution in [0.2, 0.25) is 0 Å². The fraction of sp³-hybridized carbons (Fsp3) is 0.953. The second-order valence-electron chi connectivity index (χ2n) is 16.1. The van der Waals surface area contributed by atoms with E-state index >= 15 is 0 Å². The Kier molecular flexibility index (Phi) is 32.5. The van der Waals surface area contributed by atoms with Crippen molar-refractivity contribution in [1.82, 2.24) is 0 Å². The SMILES string of the molecule is CCCCCCCCCCCCCCCCCC(=O)OCC(COC1OC(CS(=O)(=O)O)C(O)C(O)C1O)OC(=O)CCCCCCCCCCCCCCC. The van der Waals surface area contributed by atoms with E-state index < -0.39 is 71.2 Å². The lowest BCUT2D eigenvalue weighted by atomic mass is 10.00. The van der Waals surface area contributed by atoms with Gasteiger partial charge < -0.3 is 34.3 Å². The summed E-state index contributed by atoms with van der Waals surface area (Å²) in [6.07, 6.45) is 24.3. The molecule has 0 aromatic heterocycles. The van der Waals surface area contributed by atoms with Crippen LogP contribution in [0.3, 0.4) is 0 Å². The van der Waals surface area contributed by atoms with Crippen molar-refractivity contribution >= 4 is 22.1 Å². The number of carbonyl (C=O) groups excluding carboxylic acids is 2. The van der Waals surface area contributed by atoms with Crippen LogP contribution in [0.5, 0.6) is 0 Å². The van der Waals surface area contributed by atoms with E-state index in [1.54, 1.807) is 0 Å². The summed E-state index contributed by atoms with van der Waals surface area (Å²) in [4.78, 5) is 25.4. The molecule has 0 aliphatic carbocycles. The molecule has 0 radical (unpaired) electrons. The third-order valence-corrected chi connectivity index (χ3v) is 11.4. The highest BCUT2D eigenvalue weighted by Crippen LogP contribution is 2.24. The van der Waals surface area contributed by atoms with Crippen LogP contribution in [0.4, 0.5) is 0 Å². The first kappa shape index (κ1) is 52.7.